The number of aliphatic hydroxyl groups is 1. The lowest BCUT2D eigenvalue weighted by molar-refractivity contribution is -0.122. The van der Waals surface area contributed by atoms with Crippen molar-refractivity contribution >= 4 is 5.91 Å². The summed E-state index contributed by atoms with van der Waals surface area (Å²) in [5.41, 5.74) is 2.20. The van der Waals surface area contributed by atoms with Crippen molar-refractivity contribution in [3.63, 3.8) is 0 Å². The molecule has 2 aromatic heterocycles. The van der Waals surface area contributed by atoms with Crippen molar-refractivity contribution in [1.29, 1.82) is 5.26 Å². The molecule has 8 heteroatoms. The minimum absolute atomic E-state index is 0.0949. The van der Waals surface area contributed by atoms with Gasteiger partial charge in [-0.05, 0) is 41.4 Å². The van der Waals surface area contributed by atoms with Gasteiger partial charge in [0.2, 0.25) is 17.7 Å². The molecule has 2 atom stereocenters. The molecule has 8 nitrogen and oxygen atoms in total. The number of aromatic nitrogens is 2. The zero-order valence-corrected chi connectivity index (χ0v) is 18.9. The summed E-state index contributed by atoms with van der Waals surface area (Å²) >= 11 is 0. The molecule has 2 N–H and O–H groups in total. The molecule has 1 amide bonds. The van der Waals surface area contributed by atoms with Crippen molar-refractivity contribution in [3.8, 4) is 17.7 Å². The first-order valence-electron chi connectivity index (χ1n) is 11.1. The molecular formula is C25H26N4O4. The molecule has 4 bridgehead atoms. The maximum Gasteiger partial charge on any atom is 0.249 e. The minimum Gasteiger partial charge on any atom is -0.443 e. The number of oxazole rings is 2. The SMILES string of the molecule is CC(C)(C)[C@@H]1NC(=O)CCc2ccc3c(c2)[C@](C#N)(CC3)c2oc1nc2-c1nc(CO)co1. The summed E-state index contributed by atoms with van der Waals surface area (Å²) in [5, 5.41) is 23.1. The van der Waals surface area contributed by atoms with Crippen LogP contribution in [0.15, 0.2) is 33.3 Å². The van der Waals surface area contributed by atoms with Crippen molar-refractivity contribution in [3.05, 3.63) is 58.5 Å². The highest BCUT2D eigenvalue weighted by Gasteiger charge is 2.48. The molecule has 1 aliphatic heterocycles. The van der Waals surface area contributed by atoms with Crippen LogP contribution >= 0.6 is 0 Å². The van der Waals surface area contributed by atoms with E-state index in [9.17, 15) is 15.2 Å². The third kappa shape index (κ3) is 3.44. The van der Waals surface area contributed by atoms with Gasteiger partial charge >= 0.3 is 0 Å². The summed E-state index contributed by atoms with van der Waals surface area (Å²) in [4.78, 5) is 21.9. The highest BCUT2D eigenvalue weighted by atomic mass is 16.4. The number of aliphatic hydroxyl groups excluding tert-OH is 1. The number of benzene rings is 1. The lowest BCUT2D eigenvalue weighted by Crippen LogP contribution is -2.37. The number of nitrogens with one attached hydrogen (secondary N) is 1. The number of amides is 1. The van der Waals surface area contributed by atoms with Crippen LogP contribution in [0, 0.1) is 16.7 Å². The van der Waals surface area contributed by atoms with E-state index in [2.05, 4.69) is 16.4 Å². The quantitative estimate of drug-likeness (QED) is 0.614. The van der Waals surface area contributed by atoms with E-state index in [0.29, 0.717) is 42.3 Å². The van der Waals surface area contributed by atoms with E-state index in [4.69, 9.17) is 13.8 Å². The van der Waals surface area contributed by atoms with Crippen LogP contribution in [0.4, 0.5) is 0 Å². The van der Waals surface area contributed by atoms with Crippen LogP contribution in [0.25, 0.3) is 11.6 Å². The van der Waals surface area contributed by atoms with Gasteiger partial charge in [-0.1, -0.05) is 39.0 Å². The van der Waals surface area contributed by atoms with E-state index >= 15 is 0 Å². The highest BCUT2D eigenvalue weighted by molar-refractivity contribution is 5.77. The van der Waals surface area contributed by atoms with Gasteiger partial charge in [-0.15, -0.1) is 0 Å². The van der Waals surface area contributed by atoms with Crippen molar-refractivity contribution in [2.45, 2.75) is 64.5 Å². The Morgan fingerprint density at radius 3 is 2.79 bits per heavy atom. The maximum atomic E-state index is 12.8. The Balaban J connectivity index is 1.80. The zero-order valence-electron chi connectivity index (χ0n) is 18.9. The summed E-state index contributed by atoms with van der Waals surface area (Å²) < 4.78 is 12.0. The number of nitrogens with zero attached hydrogens (tertiary/aromatic N) is 3. The number of rotatable bonds is 2. The van der Waals surface area contributed by atoms with E-state index in [-0.39, 0.29) is 18.4 Å². The zero-order chi connectivity index (χ0) is 23.4. The van der Waals surface area contributed by atoms with Gasteiger partial charge in [-0.2, -0.15) is 5.26 Å². The second-order valence-corrected chi connectivity index (χ2v) is 9.91. The summed E-state index contributed by atoms with van der Waals surface area (Å²) in [6.45, 7) is 5.72. The van der Waals surface area contributed by atoms with Crippen molar-refractivity contribution in [2.75, 3.05) is 0 Å². The van der Waals surface area contributed by atoms with E-state index in [0.717, 1.165) is 23.1 Å². The average Bonchev–Trinajstić information content (AvgIpc) is 3.51. The molecular weight excluding hydrogens is 420 g/mol. The van der Waals surface area contributed by atoms with Gasteiger partial charge < -0.3 is 19.3 Å². The van der Waals surface area contributed by atoms with Crippen LogP contribution in [0.1, 0.15) is 73.7 Å². The number of hydrogen-bond acceptors (Lipinski definition) is 7. The normalized spacial score (nSPS) is 22.3. The molecule has 0 saturated heterocycles. The number of aryl methyl sites for hydroxylation is 2. The molecule has 3 aromatic rings. The number of carbonyl (C=O) groups excluding carboxylic acids is 1. The Morgan fingerprint density at radius 2 is 2.09 bits per heavy atom. The first kappa shape index (κ1) is 21.4. The molecule has 0 unspecified atom stereocenters. The average molecular weight is 447 g/mol. The molecule has 0 spiro atoms. The fraction of sp³-hybridized carbons (Fsp3) is 0.440. The highest BCUT2D eigenvalue weighted by Crippen LogP contribution is 2.49. The van der Waals surface area contributed by atoms with Gasteiger partial charge in [0, 0.05) is 6.42 Å². The molecule has 5 rings (SSSR count). The first-order valence-corrected chi connectivity index (χ1v) is 11.1. The topological polar surface area (TPSA) is 125 Å². The molecule has 0 saturated carbocycles. The van der Waals surface area contributed by atoms with Gasteiger partial charge in [-0.3, -0.25) is 4.79 Å². The van der Waals surface area contributed by atoms with Gasteiger partial charge in [0.15, 0.2) is 11.5 Å². The van der Waals surface area contributed by atoms with Gasteiger partial charge in [0.25, 0.3) is 0 Å². The van der Waals surface area contributed by atoms with E-state index in [1.807, 2.05) is 39.0 Å². The smallest absolute Gasteiger partial charge is 0.249 e. The third-order valence-corrected chi connectivity index (χ3v) is 6.60. The Bertz CT molecular complexity index is 1280. The molecule has 0 fully saturated rings. The van der Waals surface area contributed by atoms with Gasteiger partial charge in [0.1, 0.15) is 23.4 Å². The van der Waals surface area contributed by atoms with Gasteiger partial charge in [0.05, 0.1) is 12.7 Å². The lowest BCUT2D eigenvalue weighted by Gasteiger charge is -2.29. The number of carbonyl (C=O) groups is 1. The van der Waals surface area contributed by atoms with Crippen molar-refractivity contribution in [1.82, 2.24) is 15.3 Å². The fourth-order valence-electron chi connectivity index (χ4n) is 4.78. The standard InChI is InChI=1S/C25H26N4O4/c1-24(2,3)20-23-29-19(22-27-16(11-30)12-32-22)21(33-23)25(13-26)9-8-15-6-4-14(10-17(15)25)5-7-18(31)28-20/h4,6,10,12,20,30H,5,7-9,11H2,1-3H3,(H,28,31)/t20-,25-/m1/s1. The van der Waals surface area contributed by atoms with Crippen LogP contribution in [-0.2, 0) is 29.7 Å². The summed E-state index contributed by atoms with van der Waals surface area (Å²) in [6.07, 6.45) is 3.54. The molecule has 1 aromatic carbocycles. The number of nitriles is 1. The number of hydrogen-bond donors (Lipinski definition) is 2. The molecule has 170 valence electrons. The first-order chi connectivity index (χ1) is 15.7. The largest absolute Gasteiger partial charge is 0.443 e. The lowest BCUT2D eigenvalue weighted by atomic mass is 9.79. The fourth-order valence-corrected chi connectivity index (χ4v) is 4.78. The molecule has 1 aliphatic carbocycles. The minimum atomic E-state index is -1.05. The van der Waals surface area contributed by atoms with E-state index in [1.165, 1.54) is 6.26 Å². The summed E-state index contributed by atoms with van der Waals surface area (Å²) in [7, 11) is 0. The van der Waals surface area contributed by atoms with Crippen LogP contribution in [-0.4, -0.2) is 21.0 Å². The van der Waals surface area contributed by atoms with Gasteiger partial charge in [-0.25, -0.2) is 9.97 Å². The van der Waals surface area contributed by atoms with Crippen LogP contribution in [0.5, 0.6) is 0 Å². The molecule has 2 aliphatic rings. The summed E-state index contributed by atoms with van der Waals surface area (Å²) in [5.74, 6) is 0.760. The Kier molecular flexibility index (Phi) is 4.91. The van der Waals surface area contributed by atoms with Crippen LogP contribution < -0.4 is 5.32 Å². The summed E-state index contributed by atoms with van der Waals surface area (Å²) in [6, 6.07) is 8.10. The second-order valence-electron chi connectivity index (χ2n) is 9.91. The van der Waals surface area contributed by atoms with Crippen molar-refractivity contribution in [2.24, 2.45) is 5.41 Å². The maximum absolute atomic E-state index is 12.8. The van der Waals surface area contributed by atoms with Crippen LogP contribution in [0.3, 0.4) is 0 Å². The monoisotopic (exact) mass is 446 g/mol. The third-order valence-electron chi connectivity index (χ3n) is 6.60. The number of fused-ring (bicyclic) bond motifs is 4. The van der Waals surface area contributed by atoms with E-state index < -0.39 is 16.9 Å². The molecule has 0 radical (unpaired) electrons. The predicted molar refractivity (Wildman–Crippen MR) is 118 cm³/mol. The predicted octanol–water partition coefficient (Wildman–Crippen LogP) is 3.73. The Morgan fingerprint density at radius 1 is 1.27 bits per heavy atom. The Labute approximate surface area is 191 Å². The molecule has 33 heavy (non-hydrogen) atoms. The van der Waals surface area contributed by atoms with E-state index in [1.54, 1.807) is 0 Å². The van der Waals surface area contributed by atoms with Crippen LogP contribution in [0.2, 0.25) is 0 Å². The Hall–Kier alpha value is -3.44. The van der Waals surface area contributed by atoms with Crippen molar-refractivity contribution < 1.29 is 18.7 Å². The molecule has 3 heterocycles. The second kappa shape index (κ2) is 7.56.